The lowest BCUT2D eigenvalue weighted by atomic mass is 10.2. The number of carbonyl (C=O) groups excluding carboxylic acids is 1. The van der Waals surface area contributed by atoms with Crippen LogP contribution in [0.3, 0.4) is 0 Å². The minimum Gasteiger partial charge on any atom is -0.370 e. The molecule has 0 fully saturated rings. The zero-order valence-electron chi connectivity index (χ0n) is 9.93. The van der Waals surface area contributed by atoms with Gasteiger partial charge in [-0.05, 0) is 19.1 Å². The summed E-state index contributed by atoms with van der Waals surface area (Å²) < 4.78 is 0. The maximum atomic E-state index is 11.8. The number of nitrogens with zero attached hydrogens (tertiary/aromatic N) is 1. The van der Waals surface area contributed by atoms with Gasteiger partial charge in [0.2, 0.25) is 0 Å². The fourth-order valence-electron chi connectivity index (χ4n) is 1.59. The van der Waals surface area contributed by atoms with Gasteiger partial charge < -0.3 is 10.7 Å². The van der Waals surface area contributed by atoms with Gasteiger partial charge in [0.25, 0.3) is 5.91 Å². The zero-order chi connectivity index (χ0) is 12.3. The van der Waals surface area contributed by atoms with Crippen molar-refractivity contribution < 1.29 is 4.79 Å². The Morgan fingerprint density at radius 1 is 1.44 bits per heavy atom. The van der Waals surface area contributed by atoms with Gasteiger partial charge in [-0.1, -0.05) is 18.2 Å². The van der Waals surface area contributed by atoms with E-state index in [9.17, 15) is 4.79 Å². The molecule has 0 spiro atoms. The van der Waals surface area contributed by atoms with Gasteiger partial charge in [0.05, 0.1) is 0 Å². The van der Waals surface area contributed by atoms with E-state index >= 15 is 0 Å². The summed E-state index contributed by atoms with van der Waals surface area (Å²) >= 11 is 0. The molecule has 5 nitrogen and oxygen atoms in total. The van der Waals surface area contributed by atoms with Crippen molar-refractivity contribution in [1.29, 1.82) is 0 Å². The number of H-pyrrole nitrogens is 1. The first kappa shape index (κ1) is 14.1. The summed E-state index contributed by atoms with van der Waals surface area (Å²) in [5.74, 6) is -0.146. The predicted molar refractivity (Wildman–Crippen MR) is 75.2 cm³/mol. The van der Waals surface area contributed by atoms with Crippen LogP contribution in [0, 0.1) is 0 Å². The molecule has 0 radical (unpaired) electrons. The van der Waals surface area contributed by atoms with Crippen LogP contribution < -0.4 is 11.1 Å². The Morgan fingerprint density at radius 2 is 2.17 bits per heavy atom. The highest BCUT2D eigenvalue weighted by Gasteiger charge is 2.09. The Balaban J connectivity index is 0.00000162. The summed E-state index contributed by atoms with van der Waals surface area (Å²) in [6.45, 7) is 2.39. The van der Waals surface area contributed by atoms with E-state index in [-0.39, 0.29) is 24.3 Å². The van der Waals surface area contributed by atoms with Crippen LogP contribution in [0.5, 0.6) is 0 Å². The lowest BCUT2D eigenvalue weighted by Gasteiger charge is -2.01. The second kappa shape index (κ2) is 6.07. The summed E-state index contributed by atoms with van der Waals surface area (Å²) in [5, 5.41) is 3.51. The molecule has 1 heterocycles. The maximum Gasteiger partial charge on any atom is 0.274 e. The molecule has 1 aromatic carbocycles. The molecule has 4 N–H and O–H groups in total. The Bertz CT molecular complexity index is 543. The molecule has 0 unspecified atom stereocenters. The van der Waals surface area contributed by atoms with Crippen LogP contribution in [0.4, 0.5) is 0 Å². The second-order valence-corrected chi connectivity index (χ2v) is 3.58. The number of para-hydroxylation sites is 1. The predicted octanol–water partition coefficient (Wildman–Crippen LogP) is 1.65. The van der Waals surface area contributed by atoms with Crippen molar-refractivity contribution in [3.05, 3.63) is 36.0 Å². The number of nitrogens with one attached hydrogen (secondary N) is 2. The molecule has 6 heteroatoms. The third kappa shape index (κ3) is 3.01. The molecule has 0 atom stereocenters. The van der Waals surface area contributed by atoms with Crippen LogP contribution in [0.1, 0.15) is 17.4 Å². The Morgan fingerprint density at radius 3 is 2.83 bits per heavy atom. The number of aliphatic imine (C=N–C) groups is 1. The van der Waals surface area contributed by atoms with E-state index in [1.807, 2.05) is 31.2 Å². The lowest BCUT2D eigenvalue weighted by Crippen LogP contribution is -2.37. The number of hydrogen-bond acceptors (Lipinski definition) is 2. The van der Waals surface area contributed by atoms with Gasteiger partial charge >= 0.3 is 0 Å². The highest BCUT2D eigenvalue weighted by Crippen LogP contribution is 2.14. The number of carbonyl (C=O) groups is 1. The monoisotopic (exact) mass is 266 g/mol. The molecule has 0 aliphatic carbocycles. The van der Waals surface area contributed by atoms with Crippen LogP contribution in [0.2, 0.25) is 0 Å². The van der Waals surface area contributed by atoms with E-state index in [0.717, 1.165) is 10.9 Å². The highest BCUT2D eigenvalue weighted by molar-refractivity contribution is 6.06. The van der Waals surface area contributed by atoms with Crippen molar-refractivity contribution in [2.45, 2.75) is 6.92 Å². The number of benzene rings is 1. The number of hydrogen-bond donors (Lipinski definition) is 3. The van der Waals surface area contributed by atoms with E-state index in [4.69, 9.17) is 5.73 Å². The van der Waals surface area contributed by atoms with Gasteiger partial charge in [0, 0.05) is 17.4 Å². The number of halogens is 1. The van der Waals surface area contributed by atoms with E-state index in [1.54, 1.807) is 6.07 Å². The number of guanidine groups is 1. The molecular formula is C12H15ClN4O. The minimum atomic E-state index is -0.282. The summed E-state index contributed by atoms with van der Waals surface area (Å²) in [4.78, 5) is 18.7. The average Bonchev–Trinajstić information content (AvgIpc) is 2.72. The number of aromatic amines is 1. The fourth-order valence-corrected chi connectivity index (χ4v) is 1.59. The lowest BCUT2D eigenvalue weighted by molar-refractivity contribution is 0.0972. The van der Waals surface area contributed by atoms with Crippen molar-refractivity contribution in [3.8, 4) is 0 Å². The van der Waals surface area contributed by atoms with Crippen molar-refractivity contribution in [1.82, 2.24) is 10.3 Å². The third-order valence-electron chi connectivity index (χ3n) is 2.34. The van der Waals surface area contributed by atoms with Crippen LogP contribution in [-0.4, -0.2) is 23.4 Å². The number of rotatable bonds is 2. The van der Waals surface area contributed by atoms with Crippen LogP contribution >= 0.6 is 12.4 Å². The van der Waals surface area contributed by atoms with Crippen molar-refractivity contribution >= 4 is 35.2 Å². The van der Waals surface area contributed by atoms with E-state index in [1.165, 1.54) is 0 Å². The number of aromatic nitrogens is 1. The van der Waals surface area contributed by atoms with Crippen molar-refractivity contribution in [2.24, 2.45) is 10.7 Å². The van der Waals surface area contributed by atoms with Crippen molar-refractivity contribution in [3.63, 3.8) is 0 Å². The van der Waals surface area contributed by atoms with Gasteiger partial charge in [0.15, 0.2) is 5.96 Å². The Kier molecular flexibility index (Phi) is 4.74. The van der Waals surface area contributed by atoms with Crippen LogP contribution in [0.25, 0.3) is 10.9 Å². The molecule has 96 valence electrons. The van der Waals surface area contributed by atoms with Gasteiger partial charge in [-0.15, -0.1) is 12.4 Å². The van der Waals surface area contributed by atoms with Crippen molar-refractivity contribution in [2.75, 3.05) is 6.54 Å². The molecule has 2 rings (SSSR count). The minimum absolute atomic E-state index is 0. The third-order valence-corrected chi connectivity index (χ3v) is 2.34. The molecule has 0 saturated carbocycles. The topological polar surface area (TPSA) is 83.3 Å². The summed E-state index contributed by atoms with van der Waals surface area (Å²) in [5.41, 5.74) is 6.91. The first-order chi connectivity index (χ1) is 8.20. The first-order valence-corrected chi connectivity index (χ1v) is 5.39. The largest absolute Gasteiger partial charge is 0.370 e. The smallest absolute Gasteiger partial charge is 0.274 e. The number of fused-ring (bicyclic) bond motifs is 1. The molecular weight excluding hydrogens is 252 g/mol. The van der Waals surface area contributed by atoms with Gasteiger partial charge in [0.1, 0.15) is 5.69 Å². The molecule has 0 aliphatic heterocycles. The van der Waals surface area contributed by atoms with Gasteiger partial charge in [-0.3, -0.25) is 15.1 Å². The second-order valence-electron chi connectivity index (χ2n) is 3.58. The number of amides is 1. The van der Waals surface area contributed by atoms with E-state index in [2.05, 4.69) is 15.3 Å². The summed E-state index contributed by atoms with van der Waals surface area (Å²) in [7, 11) is 0. The first-order valence-electron chi connectivity index (χ1n) is 5.39. The molecule has 0 saturated heterocycles. The summed E-state index contributed by atoms with van der Waals surface area (Å²) in [6.07, 6.45) is 0. The van der Waals surface area contributed by atoms with E-state index < -0.39 is 0 Å². The molecule has 2 aromatic rings. The summed E-state index contributed by atoms with van der Waals surface area (Å²) in [6, 6.07) is 9.46. The van der Waals surface area contributed by atoms with E-state index in [0.29, 0.717) is 12.2 Å². The quantitative estimate of drug-likeness (QED) is 0.570. The van der Waals surface area contributed by atoms with Gasteiger partial charge in [-0.25, -0.2) is 0 Å². The van der Waals surface area contributed by atoms with Gasteiger partial charge in [-0.2, -0.15) is 0 Å². The number of nitrogens with two attached hydrogens (primary N) is 1. The van der Waals surface area contributed by atoms with Crippen LogP contribution in [-0.2, 0) is 0 Å². The zero-order valence-corrected chi connectivity index (χ0v) is 10.8. The molecule has 0 bridgehead atoms. The molecule has 0 aliphatic rings. The molecule has 1 aromatic heterocycles. The standard InChI is InChI=1S/C12H14N4O.ClH/c1-2-14-12(13)16-11(17)10-7-8-5-3-4-6-9(8)15-10;/h3-7,15H,2H2,1H3,(H3,13,14,16,17);1H. The SMILES string of the molecule is CCN=C(N)NC(=O)c1cc2ccccc2[nH]1.Cl. The Hall–Kier alpha value is -2.01. The fraction of sp³-hybridized carbons (Fsp3) is 0.167. The highest BCUT2D eigenvalue weighted by atomic mass is 35.5. The average molecular weight is 267 g/mol. The maximum absolute atomic E-state index is 11.8. The normalized spacial score (nSPS) is 11.1. The Labute approximate surface area is 111 Å². The molecule has 1 amide bonds. The molecule has 18 heavy (non-hydrogen) atoms. The van der Waals surface area contributed by atoms with Crippen LogP contribution in [0.15, 0.2) is 35.3 Å².